The van der Waals surface area contributed by atoms with Gasteiger partial charge in [0.05, 0.1) is 0 Å². The van der Waals surface area contributed by atoms with Crippen molar-refractivity contribution in [3.05, 3.63) is 84.1 Å². The molecule has 164 valence electrons. The summed E-state index contributed by atoms with van der Waals surface area (Å²) in [4.78, 5) is 24.1. The van der Waals surface area contributed by atoms with Crippen LogP contribution >= 0.6 is 0 Å². The van der Waals surface area contributed by atoms with Gasteiger partial charge in [-0.15, -0.1) is 0 Å². The predicted molar refractivity (Wildman–Crippen MR) is 131 cm³/mol. The van der Waals surface area contributed by atoms with Crippen molar-refractivity contribution in [2.24, 2.45) is 5.92 Å². The third-order valence-electron chi connectivity index (χ3n) is 5.35. The first-order valence-corrected chi connectivity index (χ1v) is 11.0. The van der Waals surface area contributed by atoms with Gasteiger partial charge < -0.3 is 10.6 Å². The highest BCUT2D eigenvalue weighted by molar-refractivity contribution is 5.96. The second kappa shape index (κ2) is 11.9. The standard InChI is InChI=1S/C27H34N2O2/c1-6-11-24(26(28-7-2)17-19(3)21(5)30)16-20(4)23-14-10-15-25(18-23)29-27(31)22-12-8-9-13-22/h6,10-11,14-18,22,28H,3-4,7-9,12-13H2,1-2,5H3,(H,29,31)/b11-6-,24-16+,26-17-. The number of hydrogen-bond acceptors (Lipinski definition) is 3. The highest BCUT2D eigenvalue weighted by atomic mass is 16.2. The van der Waals surface area contributed by atoms with Gasteiger partial charge in [0.15, 0.2) is 5.78 Å². The number of hydrogen-bond donors (Lipinski definition) is 2. The van der Waals surface area contributed by atoms with E-state index in [9.17, 15) is 9.59 Å². The fourth-order valence-electron chi connectivity index (χ4n) is 3.60. The molecule has 0 atom stereocenters. The molecule has 1 aromatic carbocycles. The number of rotatable bonds is 10. The lowest BCUT2D eigenvalue weighted by Gasteiger charge is -2.14. The highest BCUT2D eigenvalue weighted by Crippen LogP contribution is 2.27. The van der Waals surface area contributed by atoms with E-state index in [0.29, 0.717) is 12.1 Å². The van der Waals surface area contributed by atoms with Gasteiger partial charge in [0.2, 0.25) is 5.91 Å². The van der Waals surface area contributed by atoms with Gasteiger partial charge in [0.1, 0.15) is 0 Å². The normalized spacial score (nSPS) is 15.2. The molecule has 1 amide bonds. The lowest BCUT2D eigenvalue weighted by atomic mass is 10.0. The van der Waals surface area contributed by atoms with Crippen molar-refractivity contribution in [1.29, 1.82) is 0 Å². The molecule has 1 fully saturated rings. The van der Waals surface area contributed by atoms with E-state index in [4.69, 9.17) is 0 Å². The molecular formula is C27H34N2O2. The molecule has 0 aromatic heterocycles. The van der Waals surface area contributed by atoms with E-state index >= 15 is 0 Å². The summed E-state index contributed by atoms with van der Waals surface area (Å²) in [7, 11) is 0. The lowest BCUT2D eigenvalue weighted by Crippen LogP contribution is -2.20. The summed E-state index contributed by atoms with van der Waals surface area (Å²) in [6.45, 7) is 14.2. The van der Waals surface area contributed by atoms with Gasteiger partial charge in [-0.25, -0.2) is 0 Å². The Morgan fingerprint density at radius 1 is 1.16 bits per heavy atom. The van der Waals surface area contributed by atoms with E-state index in [1.165, 1.54) is 6.92 Å². The maximum absolute atomic E-state index is 12.5. The number of carbonyl (C=O) groups excluding carboxylic acids is 2. The summed E-state index contributed by atoms with van der Waals surface area (Å²) >= 11 is 0. The number of benzene rings is 1. The minimum Gasteiger partial charge on any atom is -0.385 e. The molecule has 4 heteroatoms. The van der Waals surface area contributed by atoms with Crippen LogP contribution in [0.1, 0.15) is 52.0 Å². The van der Waals surface area contributed by atoms with Crippen molar-refractivity contribution in [2.75, 3.05) is 11.9 Å². The number of allylic oxidation sites excluding steroid dienone is 6. The van der Waals surface area contributed by atoms with Gasteiger partial charge in [0, 0.05) is 29.4 Å². The molecule has 0 bridgehead atoms. The number of ketones is 1. The third kappa shape index (κ3) is 7.25. The van der Waals surface area contributed by atoms with Crippen molar-refractivity contribution in [2.45, 2.75) is 46.5 Å². The summed E-state index contributed by atoms with van der Waals surface area (Å²) in [6, 6.07) is 7.75. The number of nitrogens with one attached hydrogen (secondary N) is 2. The van der Waals surface area contributed by atoms with Crippen LogP contribution in [0, 0.1) is 5.92 Å². The minimum atomic E-state index is -0.0697. The van der Waals surface area contributed by atoms with Crippen LogP contribution in [0.25, 0.3) is 5.57 Å². The van der Waals surface area contributed by atoms with Crippen LogP contribution < -0.4 is 10.6 Å². The fraction of sp³-hybridized carbons (Fsp3) is 0.333. The maximum atomic E-state index is 12.5. The van der Waals surface area contributed by atoms with Crippen LogP contribution in [0.3, 0.4) is 0 Å². The van der Waals surface area contributed by atoms with Crippen LogP contribution in [0.15, 0.2) is 78.6 Å². The van der Waals surface area contributed by atoms with Gasteiger partial charge in [0.25, 0.3) is 0 Å². The largest absolute Gasteiger partial charge is 0.385 e. The molecule has 2 N–H and O–H groups in total. The average Bonchev–Trinajstić information content (AvgIpc) is 3.28. The van der Waals surface area contributed by atoms with Gasteiger partial charge in [-0.2, -0.15) is 0 Å². The smallest absolute Gasteiger partial charge is 0.227 e. The van der Waals surface area contributed by atoms with E-state index in [1.54, 1.807) is 6.08 Å². The van der Waals surface area contributed by atoms with E-state index < -0.39 is 0 Å². The van der Waals surface area contributed by atoms with E-state index in [-0.39, 0.29) is 17.6 Å². The quantitative estimate of drug-likeness (QED) is 0.363. The molecule has 4 nitrogen and oxygen atoms in total. The summed E-state index contributed by atoms with van der Waals surface area (Å²) in [5, 5.41) is 6.36. The summed E-state index contributed by atoms with van der Waals surface area (Å²) in [6.07, 6.45) is 11.9. The van der Waals surface area contributed by atoms with Crippen molar-refractivity contribution in [3.8, 4) is 0 Å². The molecule has 1 saturated carbocycles. The molecule has 2 rings (SSSR count). The van der Waals surface area contributed by atoms with Gasteiger partial charge >= 0.3 is 0 Å². The third-order valence-corrected chi connectivity index (χ3v) is 5.35. The Labute approximate surface area is 186 Å². The second-order valence-electron chi connectivity index (χ2n) is 7.85. The van der Waals surface area contributed by atoms with Crippen LogP contribution in [0.2, 0.25) is 0 Å². The van der Waals surface area contributed by atoms with Crippen LogP contribution in [-0.4, -0.2) is 18.2 Å². The van der Waals surface area contributed by atoms with Crippen molar-refractivity contribution >= 4 is 23.0 Å². The van der Waals surface area contributed by atoms with E-state index in [2.05, 4.69) is 23.8 Å². The number of anilines is 1. The lowest BCUT2D eigenvalue weighted by molar-refractivity contribution is -0.119. The zero-order valence-electron chi connectivity index (χ0n) is 19.0. The SMILES string of the molecule is C=C(/C=C(NCC)/C(/C=C\C)=C/C(=C)c1cccc(NC(=O)C2CCCC2)c1)C(C)=O. The molecule has 0 aliphatic heterocycles. The molecule has 0 unspecified atom stereocenters. The first-order valence-electron chi connectivity index (χ1n) is 11.0. The topological polar surface area (TPSA) is 58.2 Å². The Morgan fingerprint density at radius 2 is 1.87 bits per heavy atom. The number of carbonyl (C=O) groups is 2. The van der Waals surface area contributed by atoms with Crippen LogP contribution in [0.5, 0.6) is 0 Å². The Morgan fingerprint density at radius 3 is 2.48 bits per heavy atom. The van der Waals surface area contributed by atoms with E-state index in [0.717, 1.165) is 53.8 Å². The Bertz CT molecular complexity index is 928. The monoisotopic (exact) mass is 418 g/mol. The molecule has 0 heterocycles. The summed E-state index contributed by atoms with van der Waals surface area (Å²) in [5.41, 5.74) is 4.66. The van der Waals surface area contributed by atoms with Crippen molar-refractivity contribution < 1.29 is 9.59 Å². The molecule has 0 radical (unpaired) electrons. The Hall–Kier alpha value is -3.14. The fourth-order valence-corrected chi connectivity index (χ4v) is 3.60. The first kappa shape index (κ1) is 24.1. The van der Waals surface area contributed by atoms with Crippen molar-refractivity contribution in [1.82, 2.24) is 5.32 Å². The number of Topliss-reactive ketones (excluding diaryl/α,β-unsaturated/α-hetero) is 1. The number of amides is 1. The molecule has 0 spiro atoms. The second-order valence-corrected chi connectivity index (χ2v) is 7.85. The summed E-state index contributed by atoms with van der Waals surface area (Å²) in [5.74, 6) is 0.153. The Balaban J connectivity index is 2.28. The van der Waals surface area contributed by atoms with Crippen LogP contribution in [0.4, 0.5) is 5.69 Å². The highest BCUT2D eigenvalue weighted by Gasteiger charge is 2.22. The van der Waals surface area contributed by atoms with Gasteiger partial charge in [-0.1, -0.05) is 50.3 Å². The minimum absolute atomic E-state index is 0.0697. The maximum Gasteiger partial charge on any atom is 0.227 e. The molecule has 31 heavy (non-hydrogen) atoms. The molecule has 1 aliphatic rings. The van der Waals surface area contributed by atoms with Gasteiger partial charge in [-0.05, 0) is 74.6 Å². The zero-order valence-corrected chi connectivity index (χ0v) is 19.0. The van der Waals surface area contributed by atoms with Gasteiger partial charge in [-0.3, -0.25) is 9.59 Å². The van der Waals surface area contributed by atoms with Crippen LogP contribution in [-0.2, 0) is 9.59 Å². The zero-order chi connectivity index (χ0) is 22.8. The van der Waals surface area contributed by atoms with E-state index in [1.807, 2.05) is 56.3 Å². The Kier molecular flexibility index (Phi) is 9.26. The van der Waals surface area contributed by atoms with Crippen molar-refractivity contribution in [3.63, 3.8) is 0 Å². The summed E-state index contributed by atoms with van der Waals surface area (Å²) < 4.78 is 0. The first-order chi connectivity index (χ1) is 14.8. The number of likely N-dealkylation sites (N-methyl/N-ethyl adjacent to an activating group) is 1. The molecular weight excluding hydrogens is 384 g/mol. The predicted octanol–water partition coefficient (Wildman–Crippen LogP) is 5.97. The molecule has 1 aromatic rings. The average molecular weight is 419 g/mol. The molecule has 0 saturated heterocycles. The molecule has 1 aliphatic carbocycles.